The lowest BCUT2D eigenvalue weighted by atomic mass is 9.86. The summed E-state index contributed by atoms with van der Waals surface area (Å²) < 4.78 is 37.2. The highest BCUT2D eigenvalue weighted by molar-refractivity contribution is 7.92. The van der Waals surface area contributed by atoms with Gasteiger partial charge in [-0.15, -0.1) is 0 Å². The zero-order valence-electron chi connectivity index (χ0n) is 18.0. The van der Waals surface area contributed by atoms with Crippen LogP contribution < -0.4 is 19.1 Å². The number of fused-ring (bicyclic) bond motifs is 1. The highest BCUT2D eigenvalue weighted by atomic mass is 35.5. The van der Waals surface area contributed by atoms with E-state index in [-0.39, 0.29) is 30.9 Å². The van der Waals surface area contributed by atoms with E-state index in [1.165, 1.54) is 6.07 Å². The highest BCUT2D eigenvalue weighted by Crippen LogP contribution is 2.37. The van der Waals surface area contributed by atoms with Crippen LogP contribution in [0.4, 0.5) is 5.69 Å². The zero-order valence-corrected chi connectivity index (χ0v) is 19.6. The molecule has 1 heterocycles. The molecule has 1 aliphatic heterocycles. The van der Waals surface area contributed by atoms with E-state index in [0.29, 0.717) is 10.7 Å². The summed E-state index contributed by atoms with van der Waals surface area (Å²) in [6, 6.07) is 12.4. The standard InChI is InChI=1S/C22H27ClN2O5S/c1-22(2,3)16-7-5-6-8-18(16)29-12-11-24-21(26)20-14-25(31(4,27)28)17-13-15(23)9-10-19(17)30-20/h5-10,13,20H,11-12,14H2,1-4H3,(H,24,26)/t20-/m1/s1. The molecule has 0 unspecified atom stereocenters. The summed E-state index contributed by atoms with van der Waals surface area (Å²) in [6.45, 7) is 6.71. The summed E-state index contributed by atoms with van der Waals surface area (Å²) in [5, 5.41) is 3.14. The number of amides is 1. The number of benzene rings is 2. The van der Waals surface area contributed by atoms with Crippen molar-refractivity contribution < 1.29 is 22.7 Å². The molecule has 31 heavy (non-hydrogen) atoms. The molecular formula is C22H27ClN2O5S. The lowest BCUT2D eigenvalue weighted by Crippen LogP contribution is -2.51. The maximum Gasteiger partial charge on any atom is 0.263 e. The van der Waals surface area contributed by atoms with E-state index in [0.717, 1.165) is 21.9 Å². The predicted octanol–water partition coefficient (Wildman–Crippen LogP) is 3.36. The van der Waals surface area contributed by atoms with Crippen LogP contribution in [0.25, 0.3) is 0 Å². The molecule has 0 fully saturated rings. The number of anilines is 1. The molecule has 1 N–H and O–H groups in total. The molecule has 0 bridgehead atoms. The van der Waals surface area contributed by atoms with Crippen molar-refractivity contribution in [1.82, 2.24) is 5.32 Å². The smallest absolute Gasteiger partial charge is 0.263 e. The van der Waals surface area contributed by atoms with Crippen molar-refractivity contribution in [1.29, 1.82) is 0 Å². The number of sulfonamides is 1. The predicted molar refractivity (Wildman–Crippen MR) is 122 cm³/mol. The molecule has 0 radical (unpaired) electrons. The van der Waals surface area contributed by atoms with Crippen molar-refractivity contribution in [2.75, 3.05) is 30.3 Å². The molecule has 3 rings (SSSR count). The summed E-state index contributed by atoms with van der Waals surface area (Å²) in [5.74, 6) is 0.644. The SMILES string of the molecule is CC(C)(C)c1ccccc1OCCNC(=O)[C@H]1CN(S(C)(=O)=O)c2cc(Cl)ccc2O1. The molecule has 0 saturated heterocycles. The van der Waals surface area contributed by atoms with Crippen molar-refractivity contribution in [2.45, 2.75) is 32.3 Å². The third-order valence-electron chi connectivity index (χ3n) is 4.84. The molecule has 0 aromatic heterocycles. The first-order chi connectivity index (χ1) is 14.5. The van der Waals surface area contributed by atoms with Gasteiger partial charge in [-0.1, -0.05) is 50.6 Å². The molecule has 1 amide bonds. The zero-order chi connectivity index (χ0) is 22.8. The number of rotatable bonds is 6. The van der Waals surface area contributed by atoms with Crippen molar-refractivity contribution in [3.05, 3.63) is 53.1 Å². The van der Waals surface area contributed by atoms with Gasteiger partial charge in [-0.05, 0) is 35.2 Å². The van der Waals surface area contributed by atoms with Crippen LogP contribution >= 0.6 is 11.6 Å². The molecule has 1 atom stereocenters. The van der Waals surface area contributed by atoms with E-state index in [4.69, 9.17) is 21.1 Å². The average molecular weight is 467 g/mol. The van der Waals surface area contributed by atoms with Gasteiger partial charge in [0.05, 0.1) is 25.0 Å². The fourth-order valence-electron chi connectivity index (χ4n) is 3.34. The number of halogens is 1. The number of carbonyl (C=O) groups excluding carboxylic acids is 1. The minimum atomic E-state index is -3.61. The lowest BCUT2D eigenvalue weighted by Gasteiger charge is -2.34. The Morgan fingerprint density at radius 1 is 1.26 bits per heavy atom. The Bertz CT molecular complexity index is 1070. The van der Waals surface area contributed by atoms with Crippen molar-refractivity contribution in [2.24, 2.45) is 0 Å². The van der Waals surface area contributed by atoms with Crippen LogP contribution in [0.5, 0.6) is 11.5 Å². The van der Waals surface area contributed by atoms with Crippen molar-refractivity contribution in [3.63, 3.8) is 0 Å². The average Bonchev–Trinajstić information content (AvgIpc) is 2.69. The summed E-state index contributed by atoms with van der Waals surface area (Å²) in [7, 11) is -3.61. The van der Waals surface area contributed by atoms with E-state index in [9.17, 15) is 13.2 Å². The Labute approximate surface area is 188 Å². The number of carbonyl (C=O) groups is 1. The molecule has 0 spiro atoms. The second-order valence-electron chi connectivity index (χ2n) is 8.40. The number of hydrogen-bond acceptors (Lipinski definition) is 5. The summed E-state index contributed by atoms with van der Waals surface area (Å²) in [4.78, 5) is 12.6. The second-order valence-corrected chi connectivity index (χ2v) is 10.7. The molecule has 0 aliphatic carbocycles. The molecule has 168 valence electrons. The van der Waals surface area contributed by atoms with Gasteiger partial charge in [0.15, 0.2) is 6.10 Å². The first-order valence-electron chi connectivity index (χ1n) is 9.91. The molecule has 2 aromatic rings. The van der Waals surface area contributed by atoms with Crippen molar-refractivity contribution >= 4 is 33.2 Å². The topological polar surface area (TPSA) is 84.9 Å². The van der Waals surface area contributed by atoms with E-state index in [1.807, 2.05) is 24.3 Å². The summed E-state index contributed by atoms with van der Waals surface area (Å²) in [6.07, 6.45) is 0.101. The van der Waals surface area contributed by atoms with Crippen molar-refractivity contribution in [3.8, 4) is 11.5 Å². The van der Waals surface area contributed by atoms with Gasteiger partial charge in [0, 0.05) is 5.02 Å². The fraction of sp³-hybridized carbons (Fsp3) is 0.409. The second kappa shape index (κ2) is 8.96. The Balaban J connectivity index is 1.62. The maximum atomic E-state index is 12.6. The van der Waals surface area contributed by atoms with Crippen LogP contribution in [-0.4, -0.2) is 46.4 Å². The summed E-state index contributed by atoms with van der Waals surface area (Å²) >= 11 is 5.99. The number of hydrogen-bond donors (Lipinski definition) is 1. The van der Waals surface area contributed by atoms with Gasteiger partial charge in [-0.25, -0.2) is 8.42 Å². The molecular weight excluding hydrogens is 440 g/mol. The van der Waals surface area contributed by atoms with Crippen LogP contribution in [0, 0.1) is 0 Å². The number of nitrogens with zero attached hydrogens (tertiary/aromatic N) is 1. The minimum absolute atomic E-state index is 0.0683. The quantitative estimate of drug-likeness (QED) is 0.660. The van der Waals surface area contributed by atoms with Gasteiger partial charge in [-0.3, -0.25) is 9.10 Å². The van der Waals surface area contributed by atoms with Crippen LogP contribution in [0.3, 0.4) is 0 Å². The van der Waals surface area contributed by atoms with E-state index < -0.39 is 22.0 Å². The number of para-hydroxylation sites is 1. The maximum absolute atomic E-state index is 12.6. The first kappa shape index (κ1) is 23.2. The van der Waals surface area contributed by atoms with Crippen LogP contribution in [-0.2, 0) is 20.2 Å². The van der Waals surface area contributed by atoms with E-state index in [1.54, 1.807) is 12.1 Å². The molecule has 9 heteroatoms. The molecule has 0 saturated carbocycles. The Hall–Kier alpha value is -2.45. The first-order valence-corrected chi connectivity index (χ1v) is 12.1. The normalized spacial score (nSPS) is 16.3. The number of nitrogens with one attached hydrogen (secondary N) is 1. The van der Waals surface area contributed by atoms with Gasteiger partial charge in [-0.2, -0.15) is 0 Å². The molecule has 2 aromatic carbocycles. The van der Waals surface area contributed by atoms with E-state index >= 15 is 0 Å². The lowest BCUT2D eigenvalue weighted by molar-refractivity contribution is -0.127. The van der Waals surface area contributed by atoms with Gasteiger partial charge in [0.1, 0.15) is 18.1 Å². The Morgan fingerprint density at radius 3 is 2.65 bits per heavy atom. The molecule has 7 nitrogen and oxygen atoms in total. The Kier molecular flexibility index (Phi) is 6.71. The van der Waals surface area contributed by atoms with Gasteiger partial charge >= 0.3 is 0 Å². The van der Waals surface area contributed by atoms with Crippen LogP contribution in [0.1, 0.15) is 26.3 Å². The third-order valence-corrected chi connectivity index (χ3v) is 6.22. The van der Waals surface area contributed by atoms with Crippen LogP contribution in [0.2, 0.25) is 5.02 Å². The monoisotopic (exact) mass is 466 g/mol. The van der Waals surface area contributed by atoms with Gasteiger partial charge in [0.2, 0.25) is 10.0 Å². The van der Waals surface area contributed by atoms with Gasteiger partial charge in [0.25, 0.3) is 5.91 Å². The largest absolute Gasteiger partial charge is 0.491 e. The van der Waals surface area contributed by atoms with Gasteiger partial charge < -0.3 is 14.8 Å². The highest BCUT2D eigenvalue weighted by Gasteiger charge is 2.35. The fourth-order valence-corrected chi connectivity index (χ4v) is 4.41. The Morgan fingerprint density at radius 2 is 1.97 bits per heavy atom. The summed E-state index contributed by atoms with van der Waals surface area (Å²) in [5.41, 5.74) is 1.33. The minimum Gasteiger partial charge on any atom is -0.491 e. The molecule has 1 aliphatic rings. The van der Waals surface area contributed by atoms with Crippen LogP contribution in [0.15, 0.2) is 42.5 Å². The van der Waals surface area contributed by atoms with E-state index in [2.05, 4.69) is 26.1 Å². The third kappa shape index (κ3) is 5.62. The number of ether oxygens (including phenoxy) is 2.